The summed E-state index contributed by atoms with van der Waals surface area (Å²) >= 11 is 6.07. The zero-order valence-electron chi connectivity index (χ0n) is 16.9. The fourth-order valence-corrected chi connectivity index (χ4v) is 4.27. The van der Waals surface area contributed by atoms with E-state index in [0.29, 0.717) is 36.6 Å². The number of rotatable bonds is 5. The van der Waals surface area contributed by atoms with Crippen molar-refractivity contribution in [3.63, 3.8) is 0 Å². The molecule has 31 heavy (non-hydrogen) atoms. The number of halogens is 1. The van der Waals surface area contributed by atoms with Gasteiger partial charge in [-0.2, -0.15) is 0 Å². The van der Waals surface area contributed by atoms with Gasteiger partial charge in [0.2, 0.25) is 5.91 Å². The lowest BCUT2D eigenvalue weighted by molar-refractivity contribution is -0.128. The first-order valence-electron chi connectivity index (χ1n) is 10.4. The number of hydrogen-bond donors (Lipinski definition) is 0. The Bertz CT molecular complexity index is 1120. The van der Waals surface area contributed by atoms with E-state index in [4.69, 9.17) is 11.6 Å². The quantitative estimate of drug-likeness (QED) is 0.615. The lowest BCUT2D eigenvalue weighted by atomic mass is 10.0. The van der Waals surface area contributed by atoms with Crippen molar-refractivity contribution >= 4 is 23.4 Å². The van der Waals surface area contributed by atoms with Crippen LogP contribution in [0.2, 0.25) is 5.02 Å². The van der Waals surface area contributed by atoms with E-state index in [-0.39, 0.29) is 17.9 Å². The molecule has 0 unspecified atom stereocenters. The van der Waals surface area contributed by atoms with Gasteiger partial charge in [0.05, 0.1) is 18.8 Å². The largest absolute Gasteiger partial charge is 0.337 e. The molecule has 0 spiro atoms. The van der Waals surface area contributed by atoms with Crippen molar-refractivity contribution in [1.82, 2.24) is 24.8 Å². The molecule has 0 radical (unpaired) electrons. The van der Waals surface area contributed by atoms with Crippen LogP contribution in [0.25, 0.3) is 11.1 Å². The Kier molecular flexibility index (Phi) is 5.19. The first-order valence-corrected chi connectivity index (χ1v) is 10.8. The highest BCUT2D eigenvalue weighted by Crippen LogP contribution is 2.26. The topological polar surface area (TPSA) is 71.3 Å². The number of carbonyl (C=O) groups excluding carboxylic acids is 2. The highest BCUT2D eigenvalue weighted by Gasteiger charge is 2.33. The minimum atomic E-state index is 0.0110. The van der Waals surface area contributed by atoms with Crippen LogP contribution in [0, 0.1) is 0 Å². The van der Waals surface area contributed by atoms with Gasteiger partial charge in [0, 0.05) is 36.6 Å². The Morgan fingerprint density at radius 3 is 2.61 bits per heavy atom. The maximum Gasteiger partial charge on any atom is 0.253 e. The van der Waals surface area contributed by atoms with E-state index >= 15 is 0 Å². The molecule has 2 aliphatic heterocycles. The van der Waals surface area contributed by atoms with E-state index in [1.54, 1.807) is 0 Å². The molecule has 3 heterocycles. The molecule has 1 aromatic heterocycles. The second-order valence-corrected chi connectivity index (χ2v) is 8.50. The standard InChI is InChI=1S/C23H22ClN5O2/c24-19-4-1-3-18(11-19)16-6-8-17(9-7-16)23(31)28-14-21(15-28)29-13-20(25-26-29)12-27-10-2-5-22(27)30/h1,3-4,6-9,11,13,21H,2,5,10,12,14-15H2. The molecular formula is C23H22ClN5O2. The third-order valence-corrected chi connectivity index (χ3v) is 6.13. The van der Waals surface area contributed by atoms with Crippen LogP contribution in [0.1, 0.15) is 34.9 Å². The number of likely N-dealkylation sites (tertiary alicyclic amines) is 2. The monoisotopic (exact) mass is 435 g/mol. The van der Waals surface area contributed by atoms with Crippen LogP contribution in [-0.2, 0) is 11.3 Å². The molecular weight excluding hydrogens is 414 g/mol. The summed E-state index contributed by atoms with van der Waals surface area (Å²) in [6.07, 6.45) is 3.42. The number of amides is 2. The lowest BCUT2D eigenvalue weighted by Crippen LogP contribution is -2.50. The van der Waals surface area contributed by atoms with E-state index in [2.05, 4.69) is 10.3 Å². The normalized spacial score (nSPS) is 16.6. The summed E-state index contributed by atoms with van der Waals surface area (Å²) in [6.45, 7) is 2.49. The van der Waals surface area contributed by atoms with Gasteiger partial charge in [-0.1, -0.05) is 41.1 Å². The number of aromatic nitrogens is 3. The van der Waals surface area contributed by atoms with Gasteiger partial charge in [-0.15, -0.1) is 5.10 Å². The molecule has 2 fully saturated rings. The molecule has 3 aromatic rings. The Morgan fingerprint density at radius 2 is 1.90 bits per heavy atom. The van der Waals surface area contributed by atoms with E-state index in [0.717, 1.165) is 29.8 Å². The molecule has 7 nitrogen and oxygen atoms in total. The summed E-state index contributed by atoms with van der Waals surface area (Å²) in [7, 11) is 0. The molecule has 0 N–H and O–H groups in total. The summed E-state index contributed by atoms with van der Waals surface area (Å²) < 4.78 is 1.81. The van der Waals surface area contributed by atoms with Gasteiger partial charge in [-0.3, -0.25) is 9.59 Å². The van der Waals surface area contributed by atoms with Crippen LogP contribution in [-0.4, -0.2) is 56.2 Å². The molecule has 2 aromatic carbocycles. The van der Waals surface area contributed by atoms with Crippen molar-refractivity contribution in [3.8, 4) is 11.1 Å². The smallest absolute Gasteiger partial charge is 0.253 e. The van der Waals surface area contributed by atoms with Crippen LogP contribution in [0.5, 0.6) is 0 Å². The van der Waals surface area contributed by atoms with E-state index in [1.165, 1.54) is 0 Å². The molecule has 0 aliphatic carbocycles. The molecule has 158 valence electrons. The van der Waals surface area contributed by atoms with Crippen LogP contribution >= 0.6 is 11.6 Å². The molecule has 0 saturated carbocycles. The van der Waals surface area contributed by atoms with Crippen molar-refractivity contribution in [3.05, 3.63) is 71.0 Å². The number of hydrogen-bond acceptors (Lipinski definition) is 4. The SMILES string of the molecule is O=C1CCCN1Cc1cn(C2CN(C(=O)c3ccc(-c4cccc(Cl)c4)cc3)C2)nn1. The third kappa shape index (κ3) is 4.05. The molecule has 2 saturated heterocycles. The van der Waals surface area contributed by atoms with Crippen molar-refractivity contribution < 1.29 is 9.59 Å². The summed E-state index contributed by atoms with van der Waals surface area (Å²) in [6, 6.07) is 15.4. The highest BCUT2D eigenvalue weighted by molar-refractivity contribution is 6.30. The van der Waals surface area contributed by atoms with Crippen LogP contribution in [0.3, 0.4) is 0 Å². The van der Waals surface area contributed by atoms with Gasteiger partial charge in [0.25, 0.3) is 5.91 Å². The van der Waals surface area contributed by atoms with Crippen molar-refractivity contribution in [1.29, 1.82) is 0 Å². The van der Waals surface area contributed by atoms with E-state index < -0.39 is 0 Å². The summed E-state index contributed by atoms with van der Waals surface area (Å²) in [5.41, 5.74) is 3.49. The number of carbonyl (C=O) groups is 2. The van der Waals surface area contributed by atoms with Crippen molar-refractivity contribution in [2.45, 2.75) is 25.4 Å². The second-order valence-electron chi connectivity index (χ2n) is 8.06. The van der Waals surface area contributed by atoms with Crippen molar-refractivity contribution in [2.24, 2.45) is 0 Å². The van der Waals surface area contributed by atoms with E-state index in [9.17, 15) is 9.59 Å². The van der Waals surface area contributed by atoms with Gasteiger partial charge >= 0.3 is 0 Å². The summed E-state index contributed by atoms with van der Waals surface area (Å²) in [4.78, 5) is 28.2. The fraction of sp³-hybridized carbons (Fsp3) is 0.304. The maximum atomic E-state index is 12.8. The van der Waals surface area contributed by atoms with Crippen molar-refractivity contribution in [2.75, 3.05) is 19.6 Å². The van der Waals surface area contributed by atoms with Crippen LogP contribution < -0.4 is 0 Å². The second kappa shape index (κ2) is 8.15. The molecule has 0 atom stereocenters. The Hall–Kier alpha value is -3.19. The Balaban J connectivity index is 1.18. The first kappa shape index (κ1) is 19.8. The molecule has 8 heteroatoms. The third-order valence-electron chi connectivity index (χ3n) is 5.90. The lowest BCUT2D eigenvalue weighted by Gasteiger charge is -2.38. The minimum absolute atomic E-state index is 0.0110. The fourth-order valence-electron chi connectivity index (χ4n) is 4.08. The molecule has 5 rings (SSSR count). The van der Waals surface area contributed by atoms with Gasteiger partial charge < -0.3 is 9.80 Å². The highest BCUT2D eigenvalue weighted by atomic mass is 35.5. The zero-order valence-corrected chi connectivity index (χ0v) is 17.7. The van der Waals surface area contributed by atoms with E-state index in [1.807, 2.05) is 69.2 Å². The predicted octanol–water partition coefficient (Wildman–Crippen LogP) is 3.42. The molecule has 2 amide bonds. The Labute approximate surface area is 185 Å². The Morgan fingerprint density at radius 1 is 1.10 bits per heavy atom. The average molecular weight is 436 g/mol. The van der Waals surface area contributed by atoms with Crippen LogP contribution in [0.4, 0.5) is 0 Å². The van der Waals surface area contributed by atoms with Gasteiger partial charge in [0.15, 0.2) is 0 Å². The molecule has 2 aliphatic rings. The minimum Gasteiger partial charge on any atom is -0.337 e. The number of benzene rings is 2. The first-order chi connectivity index (χ1) is 15.1. The van der Waals surface area contributed by atoms with Crippen LogP contribution in [0.15, 0.2) is 54.7 Å². The van der Waals surface area contributed by atoms with Gasteiger partial charge in [-0.25, -0.2) is 4.68 Å². The zero-order chi connectivity index (χ0) is 21.4. The van der Waals surface area contributed by atoms with Gasteiger partial charge in [0.1, 0.15) is 5.69 Å². The molecule has 0 bridgehead atoms. The maximum absolute atomic E-state index is 12.8. The number of nitrogens with zero attached hydrogens (tertiary/aromatic N) is 5. The van der Waals surface area contributed by atoms with Gasteiger partial charge in [-0.05, 0) is 41.8 Å². The average Bonchev–Trinajstić information content (AvgIpc) is 3.36. The predicted molar refractivity (Wildman–Crippen MR) is 117 cm³/mol. The summed E-state index contributed by atoms with van der Waals surface area (Å²) in [5, 5.41) is 9.09. The summed E-state index contributed by atoms with van der Waals surface area (Å²) in [5.74, 6) is 0.188.